The van der Waals surface area contributed by atoms with Crippen LogP contribution in [0.25, 0.3) is 21.8 Å². The van der Waals surface area contributed by atoms with Gasteiger partial charge in [0.1, 0.15) is 6.61 Å². The smallest absolute Gasteiger partial charge is 0.302 e. The minimum Gasteiger partial charge on any atom is -0.464 e. The molecule has 28 heavy (non-hydrogen) atoms. The van der Waals surface area contributed by atoms with Gasteiger partial charge in [0.25, 0.3) is 5.91 Å². The van der Waals surface area contributed by atoms with Crippen LogP contribution in [0.15, 0.2) is 42.5 Å². The predicted molar refractivity (Wildman–Crippen MR) is 111 cm³/mol. The van der Waals surface area contributed by atoms with Crippen LogP contribution in [0.4, 0.5) is 5.69 Å². The molecule has 3 aromatic rings. The lowest BCUT2D eigenvalue weighted by molar-refractivity contribution is -0.140. The molecule has 0 radical (unpaired) electrons. The highest BCUT2D eigenvalue weighted by atomic mass is 16.5. The Bertz CT molecular complexity index is 1000. The average molecular weight is 380 g/mol. The van der Waals surface area contributed by atoms with Crippen LogP contribution in [0.1, 0.15) is 17.3 Å². The summed E-state index contributed by atoms with van der Waals surface area (Å²) in [5, 5.41) is 11.3. The fourth-order valence-corrected chi connectivity index (χ4v) is 3.05. The van der Waals surface area contributed by atoms with Crippen LogP contribution in [-0.2, 0) is 9.53 Å². The summed E-state index contributed by atoms with van der Waals surface area (Å²) >= 11 is 0. The Labute approximate surface area is 163 Å². The highest BCUT2D eigenvalue weighted by molar-refractivity contribution is 6.14. The molecule has 0 saturated heterocycles. The predicted octanol–water partition coefficient (Wildman–Crippen LogP) is 2.31. The molecule has 0 fully saturated rings. The molecule has 1 heterocycles. The van der Waals surface area contributed by atoms with Crippen molar-refractivity contribution in [2.24, 2.45) is 0 Å². The molecular formula is C21H24N4O3. The zero-order valence-corrected chi connectivity index (χ0v) is 16.0. The number of para-hydroxylation sites is 2. The van der Waals surface area contributed by atoms with Gasteiger partial charge in [0, 0.05) is 30.8 Å². The summed E-state index contributed by atoms with van der Waals surface area (Å²) < 4.78 is 4.86. The number of ether oxygens (including phenoxy) is 1. The average Bonchev–Trinajstić information content (AvgIpc) is 2.70. The third-order valence-corrected chi connectivity index (χ3v) is 4.33. The Hall–Kier alpha value is -3.19. The first-order valence-electron chi connectivity index (χ1n) is 9.23. The molecule has 146 valence electrons. The zero-order valence-electron chi connectivity index (χ0n) is 16.0. The lowest BCUT2D eigenvalue weighted by atomic mass is 10.0. The second kappa shape index (κ2) is 9.14. The summed E-state index contributed by atoms with van der Waals surface area (Å²) in [6, 6.07) is 13.4. The number of hydrogen-bond acceptors (Lipinski definition) is 6. The Morgan fingerprint density at radius 1 is 1.00 bits per heavy atom. The summed E-state index contributed by atoms with van der Waals surface area (Å²) in [5.41, 5.74) is 2.91. The molecule has 0 aliphatic heterocycles. The first-order valence-corrected chi connectivity index (χ1v) is 9.23. The van der Waals surface area contributed by atoms with Gasteiger partial charge in [-0.3, -0.25) is 9.59 Å². The van der Waals surface area contributed by atoms with Crippen LogP contribution in [0.3, 0.4) is 0 Å². The molecule has 7 heteroatoms. The number of esters is 1. The third kappa shape index (κ3) is 4.37. The van der Waals surface area contributed by atoms with Gasteiger partial charge in [0.2, 0.25) is 0 Å². The summed E-state index contributed by atoms with van der Waals surface area (Å²) in [6.45, 7) is 3.28. The molecule has 2 aromatic carbocycles. The van der Waals surface area contributed by atoms with Crippen molar-refractivity contribution in [3.8, 4) is 0 Å². The van der Waals surface area contributed by atoms with E-state index >= 15 is 0 Å². The largest absolute Gasteiger partial charge is 0.464 e. The second-order valence-electron chi connectivity index (χ2n) is 6.33. The first-order chi connectivity index (χ1) is 13.6. The molecule has 1 amide bonds. The number of carbonyl (C=O) groups is 2. The van der Waals surface area contributed by atoms with Crippen molar-refractivity contribution < 1.29 is 14.3 Å². The lowest BCUT2D eigenvalue weighted by Crippen LogP contribution is -2.28. The molecule has 0 bridgehead atoms. The number of benzene rings is 2. The molecule has 0 unspecified atom stereocenters. The van der Waals surface area contributed by atoms with E-state index in [9.17, 15) is 9.59 Å². The monoisotopic (exact) mass is 380 g/mol. The maximum atomic E-state index is 12.7. The van der Waals surface area contributed by atoms with E-state index in [1.54, 1.807) is 6.07 Å². The van der Waals surface area contributed by atoms with Crippen molar-refractivity contribution >= 4 is 39.4 Å². The number of carbonyl (C=O) groups excluding carboxylic acids is 2. The molecular weight excluding hydrogens is 356 g/mol. The van der Waals surface area contributed by atoms with Crippen LogP contribution in [0, 0.1) is 0 Å². The van der Waals surface area contributed by atoms with Gasteiger partial charge >= 0.3 is 5.97 Å². The SMILES string of the molecule is CNCCNc1c2ccccc2nc2c(C(=O)NCCOC(C)=O)cccc12. The summed E-state index contributed by atoms with van der Waals surface area (Å²) in [7, 11) is 1.91. The number of amides is 1. The van der Waals surface area contributed by atoms with Crippen molar-refractivity contribution in [3.63, 3.8) is 0 Å². The highest BCUT2D eigenvalue weighted by Crippen LogP contribution is 2.32. The molecule has 0 saturated carbocycles. The molecule has 0 spiro atoms. The van der Waals surface area contributed by atoms with Crippen molar-refractivity contribution in [1.82, 2.24) is 15.6 Å². The van der Waals surface area contributed by atoms with Gasteiger partial charge in [0.05, 0.1) is 28.8 Å². The summed E-state index contributed by atoms with van der Waals surface area (Å²) in [4.78, 5) is 28.3. The fraction of sp³-hybridized carbons (Fsp3) is 0.286. The van der Waals surface area contributed by atoms with Crippen LogP contribution in [0.5, 0.6) is 0 Å². The molecule has 1 aromatic heterocycles. The number of nitrogens with one attached hydrogen (secondary N) is 3. The summed E-state index contributed by atoms with van der Waals surface area (Å²) in [5.74, 6) is -0.619. The first kappa shape index (κ1) is 19.6. The van der Waals surface area contributed by atoms with Gasteiger partial charge in [-0.15, -0.1) is 0 Å². The van der Waals surface area contributed by atoms with Gasteiger partial charge < -0.3 is 20.7 Å². The van der Waals surface area contributed by atoms with Crippen molar-refractivity contribution in [1.29, 1.82) is 0 Å². The summed E-state index contributed by atoms with van der Waals surface area (Å²) in [6.07, 6.45) is 0. The van der Waals surface area contributed by atoms with Crippen molar-refractivity contribution in [2.75, 3.05) is 38.6 Å². The number of hydrogen-bond donors (Lipinski definition) is 3. The number of anilines is 1. The minimum atomic E-state index is -0.371. The number of likely N-dealkylation sites (N-methyl/N-ethyl adjacent to an activating group) is 1. The van der Waals surface area contributed by atoms with E-state index in [2.05, 4.69) is 16.0 Å². The number of nitrogens with zero attached hydrogens (tertiary/aromatic N) is 1. The van der Waals surface area contributed by atoms with E-state index < -0.39 is 0 Å². The number of rotatable bonds is 8. The highest BCUT2D eigenvalue weighted by Gasteiger charge is 2.15. The third-order valence-electron chi connectivity index (χ3n) is 4.33. The van der Waals surface area contributed by atoms with Gasteiger partial charge in [-0.2, -0.15) is 0 Å². The zero-order chi connectivity index (χ0) is 19.9. The standard InChI is InChI=1S/C21H24N4O3/c1-14(26)28-13-12-24-21(27)17-8-5-7-16-19(23-11-10-22-2)15-6-3-4-9-18(15)25-20(16)17/h3-9,22H,10-13H2,1-2H3,(H,23,25)(H,24,27). The Morgan fingerprint density at radius 3 is 2.57 bits per heavy atom. The number of pyridine rings is 1. The topological polar surface area (TPSA) is 92.3 Å². The fourth-order valence-electron chi connectivity index (χ4n) is 3.05. The van der Waals surface area contributed by atoms with Crippen LogP contribution >= 0.6 is 0 Å². The van der Waals surface area contributed by atoms with Crippen molar-refractivity contribution in [2.45, 2.75) is 6.92 Å². The maximum absolute atomic E-state index is 12.7. The van der Waals surface area contributed by atoms with Gasteiger partial charge in [0.15, 0.2) is 0 Å². The van der Waals surface area contributed by atoms with Crippen molar-refractivity contribution in [3.05, 3.63) is 48.0 Å². The van der Waals surface area contributed by atoms with Gasteiger partial charge in [-0.05, 0) is 19.2 Å². The van der Waals surface area contributed by atoms with Crippen LogP contribution in [-0.4, -0.2) is 50.1 Å². The molecule has 0 aliphatic carbocycles. The molecule has 0 atom stereocenters. The molecule has 3 N–H and O–H groups in total. The molecule has 3 rings (SSSR count). The Balaban J connectivity index is 1.98. The Morgan fingerprint density at radius 2 is 1.79 bits per heavy atom. The normalized spacial score (nSPS) is 10.8. The van der Waals surface area contributed by atoms with E-state index in [0.717, 1.165) is 35.1 Å². The van der Waals surface area contributed by atoms with Gasteiger partial charge in [-0.25, -0.2) is 4.98 Å². The lowest BCUT2D eigenvalue weighted by Gasteiger charge is -2.15. The van der Waals surface area contributed by atoms with Crippen LogP contribution in [0.2, 0.25) is 0 Å². The van der Waals surface area contributed by atoms with E-state index in [-0.39, 0.29) is 25.0 Å². The van der Waals surface area contributed by atoms with E-state index in [1.165, 1.54) is 6.92 Å². The van der Waals surface area contributed by atoms with E-state index in [0.29, 0.717) is 11.1 Å². The molecule has 7 nitrogen and oxygen atoms in total. The Kier molecular flexibility index (Phi) is 6.39. The van der Waals surface area contributed by atoms with Crippen LogP contribution < -0.4 is 16.0 Å². The molecule has 0 aliphatic rings. The minimum absolute atomic E-state index is 0.138. The van der Waals surface area contributed by atoms with Gasteiger partial charge in [-0.1, -0.05) is 30.3 Å². The maximum Gasteiger partial charge on any atom is 0.302 e. The van der Waals surface area contributed by atoms with E-state index in [1.807, 2.05) is 43.4 Å². The number of aromatic nitrogens is 1. The quantitative estimate of drug-likeness (QED) is 0.316. The second-order valence-corrected chi connectivity index (χ2v) is 6.33. The number of fused-ring (bicyclic) bond motifs is 2. The van der Waals surface area contributed by atoms with E-state index in [4.69, 9.17) is 9.72 Å².